The lowest BCUT2D eigenvalue weighted by Crippen LogP contribution is -2.01. The molecule has 0 aliphatic rings. The van der Waals surface area contributed by atoms with Crippen LogP contribution in [-0.2, 0) is 0 Å². The first-order chi connectivity index (χ1) is 7.72. The zero-order valence-electron chi connectivity index (χ0n) is 8.25. The maximum absolute atomic E-state index is 10.7. The zero-order valence-corrected chi connectivity index (χ0v) is 8.25. The van der Waals surface area contributed by atoms with Crippen molar-refractivity contribution in [3.8, 4) is 11.3 Å². The van der Waals surface area contributed by atoms with Crippen molar-refractivity contribution in [3.63, 3.8) is 0 Å². The van der Waals surface area contributed by atoms with E-state index in [2.05, 4.69) is 16.5 Å². The minimum Gasteiger partial charge on any atom is -0.477 e. The molecule has 0 saturated carbocycles. The van der Waals surface area contributed by atoms with Gasteiger partial charge >= 0.3 is 5.97 Å². The molecule has 0 aliphatic carbocycles. The molecule has 0 bridgehead atoms. The van der Waals surface area contributed by atoms with Crippen LogP contribution in [0.15, 0.2) is 35.7 Å². The largest absolute Gasteiger partial charge is 0.477 e. The topological polar surface area (TPSA) is 76.2 Å². The second-order valence-electron chi connectivity index (χ2n) is 3.00. The Morgan fingerprint density at radius 1 is 1.50 bits per heavy atom. The molecular formula is C11H8N2O3. The van der Waals surface area contributed by atoms with Crippen molar-refractivity contribution in [2.75, 3.05) is 0 Å². The first-order valence-electron chi connectivity index (χ1n) is 4.48. The number of oxazole rings is 1. The Morgan fingerprint density at radius 2 is 2.31 bits per heavy atom. The lowest BCUT2D eigenvalue weighted by molar-refractivity contribution is 0.0690. The van der Waals surface area contributed by atoms with Crippen molar-refractivity contribution in [2.45, 2.75) is 0 Å². The van der Waals surface area contributed by atoms with Gasteiger partial charge in [-0.25, -0.2) is 14.8 Å². The summed E-state index contributed by atoms with van der Waals surface area (Å²) in [5.74, 6) is -0.549. The quantitative estimate of drug-likeness (QED) is 0.849. The van der Waals surface area contributed by atoms with Gasteiger partial charge in [-0.3, -0.25) is 0 Å². The van der Waals surface area contributed by atoms with Crippen LogP contribution >= 0.6 is 0 Å². The first kappa shape index (κ1) is 10.1. The zero-order chi connectivity index (χ0) is 11.5. The summed E-state index contributed by atoms with van der Waals surface area (Å²) in [4.78, 5) is 18.5. The summed E-state index contributed by atoms with van der Waals surface area (Å²) in [6.45, 7) is 3.58. The average molecular weight is 216 g/mol. The number of rotatable bonds is 3. The Morgan fingerprint density at radius 3 is 2.88 bits per heavy atom. The van der Waals surface area contributed by atoms with Crippen LogP contribution in [0.4, 0.5) is 0 Å². The van der Waals surface area contributed by atoms with Gasteiger partial charge in [0.2, 0.25) is 0 Å². The van der Waals surface area contributed by atoms with Crippen LogP contribution in [-0.4, -0.2) is 21.0 Å². The minimum atomic E-state index is -1.08. The van der Waals surface area contributed by atoms with Crippen molar-refractivity contribution in [2.24, 2.45) is 0 Å². The monoisotopic (exact) mass is 216 g/mol. The second-order valence-corrected chi connectivity index (χ2v) is 3.00. The van der Waals surface area contributed by atoms with Crippen LogP contribution in [0, 0.1) is 0 Å². The molecule has 5 nitrogen and oxygen atoms in total. The van der Waals surface area contributed by atoms with Gasteiger partial charge in [-0.2, -0.15) is 0 Å². The predicted octanol–water partition coefficient (Wildman–Crippen LogP) is 2.08. The highest BCUT2D eigenvalue weighted by molar-refractivity contribution is 5.86. The highest BCUT2D eigenvalue weighted by Crippen LogP contribution is 2.23. The van der Waals surface area contributed by atoms with Crippen LogP contribution in [0.3, 0.4) is 0 Å². The third kappa shape index (κ3) is 1.70. The molecule has 0 aromatic carbocycles. The molecule has 0 unspecified atom stereocenters. The number of carboxylic acid groups (broad SMARTS) is 1. The molecule has 2 aromatic rings. The molecule has 0 amide bonds. The molecule has 0 fully saturated rings. The summed E-state index contributed by atoms with van der Waals surface area (Å²) < 4.78 is 5.12. The molecule has 2 heterocycles. The van der Waals surface area contributed by atoms with Crippen molar-refractivity contribution < 1.29 is 14.3 Å². The summed E-state index contributed by atoms with van der Waals surface area (Å²) in [5, 5.41) is 8.79. The van der Waals surface area contributed by atoms with Gasteiger partial charge in [-0.1, -0.05) is 6.58 Å². The van der Waals surface area contributed by atoms with Crippen molar-refractivity contribution >= 4 is 12.0 Å². The van der Waals surface area contributed by atoms with Crippen molar-refractivity contribution in [1.29, 1.82) is 0 Å². The van der Waals surface area contributed by atoms with Crippen LogP contribution in [0.2, 0.25) is 0 Å². The Labute approximate surface area is 91.1 Å². The highest BCUT2D eigenvalue weighted by atomic mass is 16.4. The number of carboxylic acids is 1. The van der Waals surface area contributed by atoms with Gasteiger partial charge in [-0.05, 0) is 18.2 Å². The van der Waals surface area contributed by atoms with E-state index in [1.54, 1.807) is 6.07 Å². The third-order valence-electron chi connectivity index (χ3n) is 2.03. The van der Waals surface area contributed by atoms with E-state index in [9.17, 15) is 4.79 Å². The fraction of sp³-hybridized carbons (Fsp3) is 0. The number of nitrogens with zero attached hydrogens (tertiary/aromatic N) is 2. The van der Waals surface area contributed by atoms with Crippen LogP contribution in [0.5, 0.6) is 0 Å². The first-order valence-corrected chi connectivity index (χ1v) is 4.48. The van der Waals surface area contributed by atoms with Gasteiger partial charge in [0.05, 0.1) is 11.9 Å². The van der Waals surface area contributed by atoms with E-state index >= 15 is 0 Å². The van der Waals surface area contributed by atoms with Gasteiger partial charge in [0.15, 0.2) is 12.2 Å². The molecular weight excluding hydrogens is 208 g/mol. The lowest BCUT2D eigenvalue weighted by atomic mass is 10.1. The van der Waals surface area contributed by atoms with E-state index in [0.717, 1.165) is 0 Å². The highest BCUT2D eigenvalue weighted by Gasteiger charge is 2.11. The Bertz CT molecular complexity index is 532. The number of hydrogen-bond acceptors (Lipinski definition) is 4. The summed E-state index contributed by atoms with van der Waals surface area (Å²) in [6.07, 6.45) is 4.31. The average Bonchev–Trinajstić information content (AvgIpc) is 2.81. The lowest BCUT2D eigenvalue weighted by Gasteiger charge is -2.02. The number of aromatic carboxylic acids is 1. The molecule has 2 rings (SSSR count). The summed E-state index contributed by atoms with van der Waals surface area (Å²) in [7, 11) is 0. The number of hydrogen-bond donors (Lipinski definition) is 1. The third-order valence-corrected chi connectivity index (χ3v) is 2.03. The Balaban J connectivity index is 2.56. The molecule has 0 spiro atoms. The second kappa shape index (κ2) is 3.98. The van der Waals surface area contributed by atoms with E-state index < -0.39 is 5.97 Å². The Hall–Kier alpha value is -2.43. The maximum atomic E-state index is 10.7. The summed E-state index contributed by atoms with van der Waals surface area (Å²) >= 11 is 0. The number of pyridine rings is 1. The van der Waals surface area contributed by atoms with Crippen LogP contribution < -0.4 is 0 Å². The van der Waals surface area contributed by atoms with Crippen molar-refractivity contribution in [1.82, 2.24) is 9.97 Å². The normalized spacial score (nSPS) is 10.0. The van der Waals surface area contributed by atoms with Gasteiger partial charge in [0.25, 0.3) is 0 Å². The molecule has 1 N–H and O–H groups in total. The smallest absolute Gasteiger partial charge is 0.354 e. The summed E-state index contributed by atoms with van der Waals surface area (Å²) in [5.41, 5.74) is 1.09. The van der Waals surface area contributed by atoms with Gasteiger partial charge < -0.3 is 9.52 Å². The standard InChI is InChI=1S/C11H8N2O3/c1-2-8-7(10-5-12-6-16-10)3-4-9(13-8)11(14)15/h2-6H,1H2,(H,14,15). The van der Waals surface area contributed by atoms with E-state index in [4.69, 9.17) is 9.52 Å². The van der Waals surface area contributed by atoms with Crippen LogP contribution in [0.25, 0.3) is 17.4 Å². The van der Waals surface area contributed by atoms with E-state index in [1.807, 2.05) is 0 Å². The maximum Gasteiger partial charge on any atom is 0.354 e. The van der Waals surface area contributed by atoms with E-state index in [-0.39, 0.29) is 5.69 Å². The van der Waals surface area contributed by atoms with Gasteiger partial charge in [0.1, 0.15) is 5.69 Å². The molecule has 0 saturated heterocycles. The SMILES string of the molecule is C=Cc1nc(C(=O)O)ccc1-c1cnco1. The summed E-state index contributed by atoms with van der Waals surface area (Å²) in [6, 6.07) is 3.03. The fourth-order valence-electron chi connectivity index (χ4n) is 1.31. The van der Waals surface area contributed by atoms with E-state index in [1.165, 1.54) is 24.7 Å². The van der Waals surface area contributed by atoms with Gasteiger partial charge in [0, 0.05) is 5.56 Å². The fourth-order valence-corrected chi connectivity index (χ4v) is 1.31. The molecule has 0 atom stereocenters. The predicted molar refractivity (Wildman–Crippen MR) is 56.8 cm³/mol. The number of aromatic nitrogens is 2. The molecule has 2 aromatic heterocycles. The molecule has 16 heavy (non-hydrogen) atoms. The van der Waals surface area contributed by atoms with Crippen LogP contribution in [0.1, 0.15) is 16.2 Å². The number of carbonyl (C=O) groups is 1. The molecule has 5 heteroatoms. The molecule has 80 valence electrons. The minimum absolute atomic E-state index is 0.0295. The van der Waals surface area contributed by atoms with Crippen molar-refractivity contribution in [3.05, 3.63) is 42.7 Å². The Kier molecular flexibility index (Phi) is 2.51. The molecule has 0 radical (unpaired) electrons. The molecule has 0 aliphatic heterocycles. The van der Waals surface area contributed by atoms with Gasteiger partial charge in [-0.15, -0.1) is 0 Å². The van der Waals surface area contributed by atoms with E-state index in [0.29, 0.717) is 17.0 Å².